The fourth-order valence-electron chi connectivity index (χ4n) is 2.30. The number of nitrogens with one attached hydrogen (secondary N) is 1. The molecule has 1 aromatic carbocycles. The second-order valence-electron chi connectivity index (χ2n) is 5.12. The summed E-state index contributed by atoms with van der Waals surface area (Å²) >= 11 is 0. The van der Waals surface area contributed by atoms with Gasteiger partial charge in [-0.05, 0) is 25.1 Å². The first kappa shape index (κ1) is 15.2. The fraction of sp³-hybridized carbons (Fsp3) is 0.625. The van der Waals surface area contributed by atoms with Crippen LogP contribution in [0.4, 0.5) is 0 Å². The van der Waals surface area contributed by atoms with Crippen molar-refractivity contribution in [2.24, 2.45) is 0 Å². The van der Waals surface area contributed by atoms with Crippen LogP contribution < -0.4 is 5.32 Å². The molecule has 0 amide bonds. The van der Waals surface area contributed by atoms with Crippen molar-refractivity contribution in [1.82, 2.24) is 10.2 Å². The predicted octanol–water partition coefficient (Wildman–Crippen LogP) is 3.46. The molecule has 0 aliphatic rings. The van der Waals surface area contributed by atoms with Gasteiger partial charge < -0.3 is 5.32 Å². The second-order valence-corrected chi connectivity index (χ2v) is 5.12. The van der Waals surface area contributed by atoms with E-state index in [1.165, 1.54) is 12.0 Å². The van der Waals surface area contributed by atoms with E-state index in [0.717, 1.165) is 19.6 Å². The fourth-order valence-corrected chi connectivity index (χ4v) is 2.30. The van der Waals surface area contributed by atoms with Crippen LogP contribution >= 0.6 is 0 Å². The van der Waals surface area contributed by atoms with E-state index in [1.54, 1.807) is 0 Å². The highest BCUT2D eigenvalue weighted by Gasteiger charge is 2.18. The minimum absolute atomic E-state index is 0.485. The Morgan fingerprint density at radius 2 is 1.78 bits per heavy atom. The van der Waals surface area contributed by atoms with Gasteiger partial charge in [0.15, 0.2) is 0 Å². The molecule has 1 N–H and O–H groups in total. The lowest BCUT2D eigenvalue weighted by Gasteiger charge is -2.31. The van der Waals surface area contributed by atoms with E-state index in [9.17, 15) is 0 Å². The molecule has 2 heteroatoms. The molecule has 0 aliphatic carbocycles. The highest BCUT2D eigenvalue weighted by Crippen LogP contribution is 2.20. The van der Waals surface area contributed by atoms with Crippen molar-refractivity contribution in [3.8, 4) is 0 Å². The number of rotatable bonds is 8. The summed E-state index contributed by atoms with van der Waals surface area (Å²) in [7, 11) is 0. The van der Waals surface area contributed by atoms with Crippen molar-refractivity contribution in [2.75, 3.05) is 19.6 Å². The smallest absolute Gasteiger partial charge is 0.0472 e. The van der Waals surface area contributed by atoms with E-state index in [2.05, 4.69) is 68.2 Å². The van der Waals surface area contributed by atoms with Crippen LogP contribution in [0, 0.1) is 0 Å². The normalized spacial score (nSPS) is 13.2. The van der Waals surface area contributed by atoms with Crippen molar-refractivity contribution >= 4 is 0 Å². The monoisotopic (exact) mass is 248 g/mol. The molecule has 1 unspecified atom stereocenters. The number of nitrogens with zero attached hydrogens (tertiary/aromatic N) is 1. The standard InChI is InChI=1S/C16H28N2/c1-5-12-18(6-2)16(13-17-14(3)4)15-10-8-7-9-11-15/h7-11,14,16-17H,5-6,12-13H2,1-4H3. The summed E-state index contributed by atoms with van der Waals surface area (Å²) in [6, 6.07) is 11.9. The van der Waals surface area contributed by atoms with Gasteiger partial charge in [0.05, 0.1) is 0 Å². The van der Waals surface area contributed by atoms with Crippen LogP contribution in [0.3, 0.4) is 0 Å². The van der Waals surface area contributed by atoms with Crippen LogP contribution in [0.25, 0.3) is 0 Å². The van der Waals surface area contributed by atoms with Crippen molar-refractivity contribution in [3.63, 3.8) is 0 Å². The molecule has 0 aliphatic heterocycles. The third kappa shape index (κ3) is 4.79. The van der Waals surface area contributed by atoms with E-state index in [0.29, 0.717) is 12.1 Å². The van der Waals surface area contributed by atoms with E-state index in [1.807, 2.05) is 0 Å². The SMILES string of the molecule is CCCN(CC)C(CNC(C)C)c1ccccc1. The third-order valence-electron chi connectivity index (χ3n) is 3.26. The Hall–Kier alpha value is -0.860. The molecule has 102 valence electrons. The van der Waals surface area contributed by atoms with E-state index >= 15 is 0 Å². The number of benzene rings is 1. The summed E-state index contributed by atoms with van der Waals surface area (Å²) in [6.45, 7) is 12.2. The molecule has 1 aromatic rings. The zero-order valence-electron chi connectivity index (χ0n) is 12.3. The van der Waals surface area contributed by atoms with Crippen molar-refractivity contribution < 1.29 is 0 Å². The van der Waals surface area contributed by atoms with E-state index in [-0.39, 0.29) is 0 Å². The van der Waals surface area contributed by atoms with Crippen LogP contribution in [0.1, 0.15) is 45.7 Å². The molecule has 0 fully saturated rings. The van der Waals surface area contributed by atoms with Crippen LogP contribution in [-0.4, -0.2) is 30.6 Å². The maximum atomic E-state index is 3.58. The van der Waals surface area contributed by atoms with Gasteiger partial charge in [-0.3, -0.25) is 4.90 Å². The lowest BCUT2D eigenvalue weighted by Crippen LogP contribution is -2.38. The van der Waals surface area contributed by atoms with Crippen molar-refractivity contribution in [3.05, 3.63) is 35.9 Å². The topological polar surface area (TPSA) is 15.3 Å². The molecule has 0 saturated carbocycles. The van der Waals surface area contributed by atoms with Crippen molar-refractivity contribution in [2.45, 2.75) is 46.2 Å². The molecule has 1 rings (SSSR count). The maximum absolute atomic E-state index is 3.58. The molecule has 1 atom stereocenters. The molecule has 0 bridgehead atoms. The molecule has 0 spiro atoms. The van der Waals surface area contributed by atoms with Crippen LogP contribution in [0.15, 0.2) is 30.3 Å². The Morgan fingerprint density at radius 1 is 1.11 bits per heavy atom. The molecular weight excluding hydrogens is 220 g/mol. The Balaban J connectivity index is 2.79. The molecule has 0 saturated heterocycles. The first-order valence-electron chi connectivity index (χ1n) is 7.21. The summed E-state index contributed by atoms with van der Waals surface area (Å²) in [6.07, 6.45) is 1.21. The summed E-state index contributed by atoms with van der Waals surface area (Å²) in [5.41, 5.74) is 1.42. The molecule has 0 heterocycles. The molecule has 2 nitrogen and oxygen atoms in total. The van der Waals surface area contributed by atoms with E-state index in [4.69, 9.17) is 0 Å². The lowest BCUT2D eigenvalue weighted by molar-refractivity contribution is 0.200. The molecular formula is C16H28N2. The first-order valence-corrected chi connectivity index (χ1v) is 7.21. The average molecular weight is 248 g/mol. The Bertz CT molecular complexity index is 308. The highest BCUT2D eigenvalue weighted by atomic mass is 15.2. The molecule has 0 aromatic heterocycles. The van der Waals surface area contributed by atoms with Crippen LogP contribution in [0.2, 0.25) is 0 Å². The minimum atomic E-state index is 0.485. The van der Waals surface area contributed by atoms with Gasteiger partial charge in [-0.15, -0.1) is 0 Å². The number of hydrogen-bond donors (Lipinski definition) is 1. The van der Waals surface area contributed by atoms with Gasteiger partial charge in [0.1, 0.15) is 0 Å². The zero-order chi connectivity index (χ0) is 13.4. The third-order valence-corrected chi connectivity index (χ3v) is 3.26. The molecule has 18 heavy (non-hydrogen) atoms. The summed E-state index contributed by atoms with van der Waals surface area (Å²) in [4.78, 5) is 2.56. The van der Waals surface area contributed by atoms with Gasteiger partial charge in [0.2, 0.25) is 0 Å². The number of likely N-dealkylation sites (N-methyl/N-ethyl adjacent to an activating group) is 1. The van der Waals surface area contributed by atoms with Gasteiger partial charge in [-0.2, -0.15) is 0 Å². The Kier molecular flexibility index (Phi) is 6.99. The van der Waals surface area contributed by atoms with Crippen LogP contribution in [-0.2, 0) is 0 Å². The van der Waals surface area contributed by atoms with Crippen molar-refractivity contribution in [1.29, 1.82) is 0 Å². The predicted molar refractivity (Wildman–Crippen MR) is 79.9 cm³/mol. The summed E-state index contributed by atoms with van der Waals surface area (Å²) in [5.74, 6) is 0. The lowest BCUT2D eigenvalue weighted by atomic mass is 10.0. The Morgan fingerprint density at radius 3 is 2.28 bits per heavy atom. The van der Waals surface area contributed by atoms with Gasteiger partial charge >= 0.3 is 0 Å². The van der Waals surface area contributed by atoms with Gasteiger partial charge in [0, 0.05) is 18.6 Å². The maximum Gasteiger partial charge on any atom is 0.0472 e. The summed E-state index contributed by atoms with van der Waals surface area (Å²) < 4.78 is 0. The summed E-state index contributed by atoms with van der Waals surface area (Å²) in [5, 5.41) is 3.58. The Labute approximate surface area is 112 Å². The van der Waals surface area contributed by atoms with Gasteiger partial charge in [-0.1, -0.05) is 58.0 Å². The molecule has 0 radical (unpaired) electrons. The van der Waals surface area contributed by atoms with Crippen LogP contribution in [0.5, 0.6) is 0 Å². The van der Waals surface area contributed by atoms with E-state index < -0.39 is 0 Å². The average Bonchev–Trinajstić information content (AvgIpc) is 2.38. The highest BCUT2D eigenvalue weighted by molar-refractivity contribution is 5.19. The van der Waals surface area contributed by atoms with Gasteiger partial charge in [0.25, 0.3) is 0 Å². The quantitative estimate of drug-likeness (QED) is 0.758. The van der Waals surface area contributed by atoms with Gasteiger partial charge in [-0.25, -0.2) is 0 Å². The largest absolute Gasteiger partial charge is 0.313 e. The minimum Gasteiger partial charge on any atom is -0.313 e. The second kappa shape index (κ2) is 8.28. The first-order chi connectivity index (χ1) is 8.69. The zero-order valence-corrected chi connectivity index (χ0v) is 12.3. The number of hydrogen-bond acceptors (Lipinski definition) is 2.